The number of Topliss-reactive ketones (excluding diaryl/α,β-unsaturated/α-hetero) is 2. The Morgan fingerprint density at radius 2 is 1.78 bits per heavy atom. The molecular formula is C48H56N2O11S2. The van der Waals surface area contributed by atoms with Gasteiger partial charge < -0.3 is 55.9 Å². The van der Waals surface area contributed by atoms with Gasteiger partial charge in [0.15, 0.2) is 11.6 Å². The number of dihydropyridines is 1. The van der Waals surface area contributed by atoms with Gasteiger partial charge in [0, 0.05) is 35.3 Å². The molecule has 5 aliphatic carbocycles. The van der Waals surface area contributed by atoms with Gasteiger partial charge in [-0.15, -0.1) is 0 Å². The zero-order valence-electron chi connectivity index (χ0n) is 35.0. The van der Waals surface area contributed by atoms with Gasteiger partial charge in [0.25, 0.3) is 0 Å². The molecule has 2 spiro atoms. The Kier molecular flexibility index (Phi) is 11.2. The first-order valence-electron chi connectivity index (χ1n) is 22.3. The number of rotatable bonds is 7. The van der Waals surface area contributed by atoms with Crippen LogP contribution in [-0.4, -0.2) is 108 Å². The molecule has 13 nitrogen and oxygen atoms in total. The van der Waals surface area contributed by atoms with Crippen molar-refractivity contribution in [1.82, 2.24) is 10.6 Å². The second kappa shape index (κ2) is 16.4. The van der Waals surface area contributed by atoms with Crippen molar-refractivity contribution in [1.29, 1.82) is 0 Å². The summed E-state index contributed by atoms with van der Waals surface area (Å²) in [5.74, 6) is -1.88. The number of ketones is 2. The number of benzene rings is 2. The van der Waals surface area contributed by atoms with Crippen molar-refractivity contribution in [3.63, 3.8) is 0 Å². The summed E-state index contributed by atoms with van der Waals surface area (Å²) in [5.41, 5.74) is -1.90. The minimum absolute atomic E-state index is 0.0551. The molecule has 0 amide bonds. The molecule has 0 radical (unpaired) electrons. The maximum absolute atomic E-state index is 15.8. The van der Waals surface area contributed by atoms with Crippen LogP contribution in [0.5, 0.6) is 5.75 Å². The van der Waals surface area contributed by atoms with Gasteiger partial charge in [0.2, 0.25) is 6.29 Å². The lowest BCUT2D eigenvalue weighted by molar-refractivity contribution is -0.384. The van der Waals surface area contributed by atoms with Crippen molar-refractivity contribution in [3.05, 3.63) is 111 Å². The molecular weight excluding hydrogens is 845 g/mol. The van der Waals surface area contributed by atoms with Crippen molar-refractivity contribution < 1.29 is 54.8 Å². The van der Waals surface area contributed by atoms with E-state index in [1.165, 1.54) is 33.2 Å². The van der Waals surface area contributed by atoms with Crippen LogP contribution in [0.25, 0.3) is 0 Å². The van der Waals surface area contributed by atoms with Crippen molar-refractivity contribution in [3.8, 4) is 5.75 Å². The number of carbonyl (C=O) groups excluding carboxylic acids is 2. The van der Waals surface area contributed by atoms with Crippen LogP contribution in [0.2, 0.25) is 0 Å². The smallest absolute Gasteiger partial charge is 0.229 e. The molecule has 15 heteroatoms. The van der Waals surface area contributed by atoms with E-state index in [0.717, 1.165) is 49.1 Å². The van der Waals surface area contributed by atoms with Gasteiger partial charge in [-0.3, -0.25) is 9.59 Å². The molecule has 2 saturated carbocycles. The first-order chi connectivity index (χ1) is 30.5. The third kappa shape index (κ3) is 6.39. The normalized spacial score (nSPS) is 38.1. The number of nitrogens with one attached hydrogen (secondary N) is 2. The maximum atomic E-state index is 15.8. The summed E-state index contributed by atoms with van der Waals surface area (Å²) in [6.07, 6.45) is 6.01. The Bertz CT molecular complexity index is 2330. The Balaban J connectivity index is 1.14. The minimum Gasteiger partial charge on any atom is -0.511 e. The van der Waals surface area contributed by atoms with Crippen LogP contribution in [0.15, 0.2) is 89.0 Å². The molecule has 2 aromatic rings. The molecule has 3 heterocycles. The third-order valence-corrected chi connectivity index (χ3v) is 18.6. The summed E-state index contributed by atoms with van der Waals surface area (Å²) in [7, 11) is 2.83. The molecule has 7 bridgehead atoms. The SMILES string of the molecule is O=C1c2cccc3c2C(=O)[C@@]2(C(O)=CC(Cc4cccc(CO)c4)=C[C@H]12)[C@@H](CCCO)SSCNC1=CC2=C(CC[C@H]4CCC[C@@]24[C@@H]2CC[C@]4(CO)O[C@@H](O3)[C@H](O)[C@@]2(O)[C@@H]4O)CN1. The van der Waals surface area contributed by atoms with Gasteiger partial charge in [-0.1, -0.05) is 70.5 Å². The van der Waals surface area contributed by atoms with E-state index >= 15 is 9.59 Å². The van der Waals surface area contributed by atoms with E-state index in [0.29, 0.717) is 36.4 Å². The molecule has 9 N–H and O–H groups in total. The van der Waals surface area contributed by atoms with E-state index in [4.69, 9.17) is 9.47 Å². The fourth-order valence-corrected chi connectivity index (χ4v) is 15.9. The molecule has 63 heavy (non-hydrogen) atoms. The zero-order chi connectivity index (χ0) is 43.9. The highest BCUT2D eigenvalue weighted by Gasteiger charge is 2.73. The lowest BCUT2D eigenvalue weighted by Gasteiger charge is -2.64. The number of ether oxygens (including phenoxy) is 2. The number of aliphatic hydroxyl groups is 7. The Labute approximate surface area is 374 Å². The lowest BCUT2D eigenvalue weighted by atomic mass is 9.48. The highest BCUT2D eigenvalue weighted by Crippen LogP contribution is 2.67. The summed E-state index contributed by atoms with van der Waals surface area (Å²) < 4.78 is 13.0. The van der Waals surface area contributed by atoms with E-state index < -0.39 is 75.8 Å². The lowest BCUT2D eigenvalue weighted by Crippen LogP contribution is -2.79. The molecule has 3 aliphatic heterocycles. The molecule has 0 unspecified atom stereocenters. The van der Waals surface area contributed by atoms with Crippen LogP contribution in [-0.2, 0) is 17.8 Å². The summed E-state index contributed by atoms with van der Waals surface area (Å²) >= 11 is 0. The molecule has 3 fully saturated rings. The van der Waals surface area contributed by atoms with Crippen LogP contribution in [0, 0.1) is 28.6 Å². The molecule has 10 rings (SSSR count). The molecule has 2 aromatic carbocycles. The predicted octanol–water partition coefficient (Wildman–Crippen LogP) is 4.52. The first kappa shape index (κ1) is 43.3. The van der Waals surface area contributed by atoms with Crippen LogP contribution in [0.1, 0.15) is 89.6 Å². The van der Waals surface area contributed by atoms with E-state index in [1.54, 1.807) is 30.4 Å². The molecule has 0 aromatic heterocycles. The Morgan fingerprint density at radius 3 is 2.59 bits per heavy atom. The van der Waals surface area contributed by atoms with Crippen molar-refractivity contribution in [2.24, 2.45) is 28.6 Å². The second-order valence-corrected chi connectivity index (χ2v) is 21.4. The number of allylic oxidation sites excluding steroid dienone is 6. The fraction of sp³-hybridized carbons (Fsp3) is 0.542. The quantitative estimate of drug-likeness (QED) is 0.175. The van der Waals surface area contributed by atoms with Gasteiger partial charge in [-0.2, -0.15) is 0 Å². The molecule has 1 saturated heterocycles. The van der Waals surface area contributed by atoms with E-state index in [-0.39, 0.29) is 61.0 Å². The van der Waals surface area contributed by atoms with E-state index in [9.17, 15) is 35.7 Å². The van der Waals surface area contributed by atoms with Crippen molar-refractivity contribution in [2.45, 2.75) is 106 Å². The Hall–Kier alpha value is -3.64. The number of hydrogen-bond acceptors (Lipinski definition) is 15. The van der Waals surface area contributed by atoms with Crippen LogP contribution in [0.3, 0.4) is 0 Å². The van der Waals surface area contributed by atoms with Crippen LogP contribution >= 0.6 is 21.6 Å². The summed E-state index contributed by atoms with van der Waals surface area (Å²) in [6.45, 7) is -0.422. The van der Waals surface area contributed by atoms with Crippen LogP contribution < -0.4 is 15.4 Å². The van der Waals surface area contributed by atoms with E-state index in [2.05, 4.69) is 16.7 Å². The highest BCUT2D eigenvalue weighted by molar-refractivity contribution is 8.76. The highest BCUT2D eigenvalue weighted by atomic mass is 33.1. The largest absolute Gasteiger partial charge is 0.511 e. The average molecular weight is 901 g/mol. The van der Waals surface area contributed by atoms with Gasteiger partial charge in [0.05, 0.1) is 36.4 Å². The second-order valence-electron chi connectivity index (χ2n) is 18.8. The fourth-order valence-electron chi connectivity index (χ4n) is 13.1. The predicted molar refractivity (Wildman–Crippen MR) is 236 cm³/mol. The van der Waals surface area contributed by atoms with Gasteiger partial charge in [-0.05, 0) is 110 Å². The Morgan fingerprint density at radius 1 is 0.952 bits per heavy atom. The van der Waals surface area contributed by atoms with Gasteiger partial charge in [-0.25, -0.2) is 0 Å². The molecule has 8 aliphatic rings. The monoisotopic (exact) mass is 900 g/mol. The number of carbonyl (C=O) groups is 2. The number of hydrogen-bond donors (Lipinski definition) is 9. The van der Waals surface area contributed by atoms with E-state index in [1.807, 2.05) is 18.2 Å². The zero-order valence-corrected chi connectivity index (χ0v) is 36.6. The first-order valence-corrected chi connectivity index (χ1v) is 24.7. The average Bonchev–Trinajstić information content (AvgIpc) is 3.73. The van der Waals surface area contributed by atoms with Crippen molar-refractivity contribution in [2.75, 3.05) is 25.6 Å². The summed E-state index contributed by atoms with van der Waals surface area (Å²) in [6, 6.07) is 12.0. The minimum atomic E-state index is -2.22. The third-order valence-electron chi connectivity index (χ3n) is 15.9. The summed E-state index contributed by atoms with van der Waals surface area (Å²) in [5, 5.41) is 87.9. The molecule has 11 atom stereocenters. The van der Waals surface area contributed by atoms with Crippen LogP contribution in [0.4, 0.5) is 0 Å². The number of aliphatic hydroxyl groups excluding tert-OH is 6. The topological polar surface area (TPSA) is 218 Å². The van der Waals surface area contributed by atoms with Gasteiger partial charge >= 0.3 is 0 Å². The van der Waals surface area contributed by atoms with Gasteiger partial charge in [0.1, 0.15) is 40.3 Å². The number of fused-ring (bicyclic) bond motifs is 2. The maximum Gasteiger partial charge on any atom is 0.229 e. The molecule has 336 valence electrons. The van der Waals surface area contributed by atoms with Crippen molar-refractivity contribution >= 4 is 33.2 Å². The summed E-state index contributed by atoms with van der Waals surface area (Å²) in [4.78, 5) is 31.0. The standard InChI is InChI=1S/C48H56N2O11S2/c51-16-4-10-37-47-33(19-28(20-36(47)54)18-26-5-1-6-27(17-26)23-52)40(55)31-8-2-9-34(39(31)41(47)56)60-43-42(57)48(59)35(13-15-45(24-53,61-43)44(48)58)46-14-3-7-30(46)12-11-29-22-49-38(21-32(29)46)50-25-62-63-37/h1-2,5-6,8-9,17,19-21,30,33,35,37,42-44,49-54,57-59H,3-4,7,10-16,18,22-25H2/t30-,33-,35+,37-,42+,43-,44-,45-,46+,47+,48-/m1/s1.